The van der Waals surface area contributed by atoms with Gasteiger partial charge in [0.1, 0.15) is 27.3 Å². The van der Waals surface area contributed by atoms with E-state index < -0.39 is 11.7 Å². The minimum absolute atomic E-state index is 0.0133. The number of amidine groups is 1. The first-order chi connectivity index (χ1) is 15.5. The number of hydrogen-bond acceptors (Lipinski definition) is 8. The lowest BCUT2D eigenvalue weighted by Gasteiger charge is -2.43. The highest BCUT2D eigenvalue weighted by Crippen LogP contribution is 2.32. The lowest BCUT2D eigenvalue weighted by Crippen LogP contribution is -2.57. The second-order valence-electron chi connectivity index (χ2n) is 7.67. The van der Waals surface area contributed by atoms with E-state index >= 15 is 0 Å². The number of carbonyl (C=O) groups excluding carboxylic acids is 1. The van der Waals surface area contributed by atoms with Gasteiger partial charge in [0.25, 0.3) is 5.91 Å². The first-order valence-electron chi connectivity index (χ1n) is 10.3. The summed E-state index contributed by atoms with van der Waals surface area (Å²) in [6, 6.07) is 6.21. The van der Waals surface area contributed by atoms with Crippen LogP contribution in [-0.4, -0.2) is 67.1 Å². The van der Waals surface area contributed by atoms with Crippen molar-refractivity contribution >= 4 is 28.1 Å². The van der Waals surface area contributed by atoms with Crippen LogP contribution >= 0.6 is 11.3 Å². The number of nitrogens with one attached hydrogen (secondary N) is 2. The van der Waals surface area contributed by atoms with Crippen LogP contribution < -0.4 is 22.1 Å². The highest BCUT2D eigenvalue weighted by Gasteiger charge is 2.42. The summed E-state index contributed by atoms with van der Waals surface area (Å²) >= 11 is 1.05. The molecule has 0 saturated carbocycles. The van der Waals surface area contributed by atoms with Crippen molar-refractivity contribution in [3.8, 4) is 10.6 Å². The topological polar surface area (TPSA) is 131 Å². The molecule has 4 rings (SSSR count). The first kappa shape index (κ1) is 22.2. The van der Waals surface area contributed by atoms with Gasteiger partial charge in [-0.1, -0.05) is 23.5 Å². The maximum atomic E-state index is 14.1. The van der Waals surface area contributed by atoms with E-state index in [1.54, 1.807) is 25.2 Å². The summed E-state index contributed by atoms with van der Waals surface area (Å²) in [6.07, 6.45) is 2.25. The van der Waals surface area contributed by atoms with Gasteiger partial charge in [-0.05, 0) is 12.1 Å². The predicted molar refractivity (Wildman–Crippen MR) is 123 cm³/mol. The summed E-state index contributed by atoms with van der Waals surface area (Å²) in [6.45, 7) is 3.57. The van der Waals surface area contributed by atoms with Crippen molar-refractivity contribution in [3.63, 3.8) is 0 Å². The Labute approximate surface area is 189 Å². The SMILES string of the molecule is CN=C(/C(=C\N)NC(=O)c1nc(-c2ccccc2F)sc1N)N1CCNC[C@]2(CCO2)C1. The van der Waals surface area contributed by atoms with E-state index in [1.807, 2.05) is 4.90 Å². The van der Waals surface area contributed by atoms with Gasteiger partial charge in [0, 0.05) is 51.4 Å². The number of halogens is 1. The molecule has 1 amide bonds. The van der Waals surface area contributed by atoms with Crippen LogP contribution in [0.1, 0.15) is 16.9 Å². The molecular formula is C21H26FN7O2S. The lowest BCUT2D eigenvalue weighted by atomic mass is 9.94. The molecule has 2 aliphatic rings. The van der Waals surface area contributed by atoms with Gasteiger partial charge in [-0.25, -0.2) is 9.37 Å². The molecule has 170 valence electrons. The van der Waals surface area contributed by atoms with E-state index in [-0.39, 0.29) is 21.9 Å². The van der Waals surface area contributed by atoms with Crippen LogP contribution in [0.25, 0.3) is 10.6 Å². The first-order valence-corrected chi connectivity index (χ1v) is 11.1. The maximum Gasteiger partial charge on any atom is 0.277 e. The fourth-order valence-electron chi connectivity index (χ4n) is 3.88. The monoisotopic (exact) mass is 459 g/mol. The van der Waals surface area contributed by atoms with Crippen molar-refractivity contribution in [2.45, 2.75) is 12.0 Å². The summed E-state index contributed by atoms with van der Waals surface area (Å²) in [5, 5.41) is 6.67. The number of thiazole rings is 1. The Balaban J connectivity index is 1.53. The third-order valence-corrected chi connectivity index (χ3v) is 6.51. The van der Waals surface area contributed by atoms with Crippen molar-refractivity contribution in [1.82, 2.24) is 20.5 Å². The number of benzene rings is 1. The summed E-state index contributed by atoms with van der Waals surface area (Å²) < 4.78 is 20.0. The quantitative estimate of drug-likeness (QED) is 0.399. The van der Waals surface area contributed by atoms with Gasteiger partial charge in [-0.15, -0.1) is 0 Å². The molecule has 0 radical (unpaired) electrons. The Kier molecular flexibility index (Phi) is 6.40. The number of nitrogen functional groups attached to an aromatic ring is 1. The van der Waals surface area contributed by atoms with E-state index in [4.69, 9.17) is 16.2 Å². The lowest BCUT2D eigenvalue weighted by molar-refractivity contribution is -0.146. The zero-order valence-electron chi connectivity index (χ0n) is 17.7. The number of hydrogen-bond donors (Lipinski definition) is 4. The zero-order valence-corrected chi connectivity index (χ0v) is 18.5. The molecule has 2 aliphatic heterocycles. The largest absolute Gasteiger partial charge is 0.403 e. The minimum Gasteiger partial charge on any atom is -0.403 e. The van der Waals surface area contributed by atoms with Crippen LogP contribution in [0.5, 0.6) is 0 Å². The summed E-state index contributed by atoms with van der Waals surface area (Å²) in [5.74, 6) is -0.428. The van der Waals surface area contributed by atoms with Gasteiger partial charge in [-0.3, -0.25) is 9.79 Å². The highest BCUT2D eigenvalue weighted by atomic mass is 32.1. The molecule has 1 atom stereocenters. The Morgan fingerprint density at radius 3 is 2.91 bits per heavy atom. The smallest absolute Gasteiger partial charge is 0.277 e. The second-order valence-corrected chi connectivity index (χ2v) is 8.70. The molecule has 0 aliphatic carbocycles. The van der Waals surface area contributed by atoms with Crippen LogP contribution in [-0.2, 0) is 4.74 Å². The summed E-state index contributed by atoms with van der Waals surface area (Å²) in [7, 11) is 1.64. The van der Waals surface area contributed by atoms with Crippen molar-refractivity contribution in [1.29, 1.82) is 0 Å². The average Bonchev–Trinajstić information content (AvgIpc) is 3.00. The Morgan fingerprint density at radius 1 is 1.47 bits per heavy atom. The molecule has 1 spiro atoms. The fraction of sp³-hybridized carbons (Fsp3) is 0.381. The second kappa shape index (κ2) is 9.23. The van der Waals surface area contributed by atoms with Crippen LogP contribution in [0.3, 0.4) is 0 Å². The van der Waals surface area contributed by atoms with Crippen molar-refractivity contribution < 1.29 is 13.9 Å². The molecular weight excluding hydrogens is 433 g/mol. The zero-order chi connectivity index (χ0) is 22.7. The molecule has 9 nitrogen and oxygen atoms in total. The van der Waals surface area contributed by atoms with Crippen LogP contribution in [0.2, 0.25) is 0 Å². The van der Waals surface area contributed by atoms with Gasteiger partial charge < -0.3 is 31.7 Å². The van der Waals surface area contributed by atoms with Crippen LogP contribution in [0.4, 0.5) is 9.39 Å². The highest BCUT2D eigenvalue weighted by molar-refractivity contribution is 7.19. The van der Waals surface area contributed by atoms with Crippen molar-refractivity contribution in [3.05, 3.63) is 47.7 Å². The van der Waals surface area contributed by atoms with E-state index in [9.17, 15) is 9.18 Å². The average molecular weight is 460 g/mol. The number of anilines is 1. The number of aliphatic imine (C=N–C) groups is 1. The summed E-state index contributed by atoms with van der Waals surface area (Å²) in [5.41, 5.74) is 12.3. The number of ether oxygens (including phenoxy) is 1. The van der Waals surface area contributed by atoms with E-state index in [0.29, 0.717) is 29.6 Å². The maximum absolute atomic E-state index is 14.1. The molecule has 32 heavy (non-hydrogen) atoms. The van der Waals surface area contributed by atoms with Gasteiger partial charge in [0.15, 0.2) is 5.69 Å². The van der Waals surface area contributed by atoms with Gasteiger partial charge in [0.05, 0.1) is 12.3 Å². The third kappa shape index (κ3) is 4.31. The summed E-state index contributed by atoms with van der Waals surface area (Å²) in [4.78, 5) is 23.7. The number of aromatic nitrogens is 1. The van der Waals surface area contributed by atoms with Crippen LogP contribution in [0.15, 0.2) is 41.2 Å². The fourth-order valence-corrected chi connectivity index (χ4v) is 4.73. The van der Waals surface area contributed by atoms with Crippen molar-refractivity contribution in [2.24, 2.45) is 10.7 Å². The number of amides is 1. The molecule has 6 N–H and O–H groups in total. The molecule has 0 unspecified atom stereocenters. The molecule has 2 aromatic rings. The third-order valence-electron chi connectivity index (χ3n) is 5.59. The number of carbonyl (C=O) groups is 1. The Hall–Kier alpha value is -3.02. The number of rotatable bonds is 4. The molecule has 2 saturated heterocycles. The number of nitrogens with zero attached hydrogens (tertiary/aromatic N) is 3. The van der Waals surface area contributed by atoms with E-state index in [1.165, 1.54) is 12.3 Å². The molecule has 0 bridgehead atoms. The Bertz CT molecular complexity index is 1060. The van der Waals surface area contributed by atoms with Crippen molar-refractivity contribution in [2.75, 3.05) is 45.6 Å². The Morgan fingerprint density at radius 2 is 2.25 bits per heavy atom. The van der Waals surface area contributed by atoms with Gasteiger partial charge in [0.2, 0.25) is 0 Å². The molecule has 1 aromatic heterocycles. The van der Waals surface area contributed by atoms with Crippen LogP contribution in [0, 0.1) is 5.82 Å². The predicted octanol–water partition coefficient (Wildman–Crippen LogP) is 1.15. The van der Waals surface area contributed by atoms with Gasteiger partial charge in [-0.2, -0.15) is 0 Å². The van der Waals surface area contributed by atoms with E-state index in [2.05, 4.69) is 20.6 Å². The van der Waals surface area contributed by atoms with E-state index in [0.717, 1.165) is 37.5 Å². The standard InChI is InChI=1S/C21H26FN7O2S/c1-25-18(29-8-7-26-11-21(12-29)6-9-31-21)15(10-23)27-19(30)16-17(24)32-20(28-16)13-4-2-3-5-14(13)22/h2-5,10,26H,6-9,11-12,23-24H2,1H3,(H,27,30)/b15-10+,25-18?/t21-/m1/s1. The molecule has 3 heterocycles. The minimum atomic E-state index is -0.540. The molecule has 1 aromatic carbocycles. The number of nitrogens with two attached hydrogens (primary N) is 2. The van der Waals surface area contributed by atoms with Gasteiger partial charge >= 0.3 is 0 Å². The molecule has 11 heteroatoms. The molecule has 2 fully saturated rings. The normalized spacial score (nSPS) is 21.9.